The number of allylic oxidation sites excluding steroid dienone is 4. The van der Waals surface area contributed by atoms with Crippen LogP contribution < -0.4 is 0 Å². The standard InChI is InChI=1S/C25H35N3/c1-10-12-19(13-11-18-24(2,3)4)22(26-8)28-23(27-9)20-14-16-21(17-15-20)25(5,6)7/h10-18H,9H2,1-8H3/b12-10-,18-11+,19-13-,26-22?,28-23?. The van der Waals surface area contributed by atoms with Crippen molar-refractivity contribution in [3.8, 4) is 0 Å². The van der Waals surface area contributed by atoms with Crippen LogP contribution >= 0.6 is 0 Å². The molecule has 1 aromatic rings. The first-order chi connectivity index (χ1) is 13.0. The number of aliphatic imine (C=N–C) groups is 3. The molecule has 3 nitrogen and oxygen atoms in total. The van der Waals surface area contributed by atoms with Gasteiger partial charge in [0.15, 0.2) is 11.7 Å². The van der Waals surface area contributed by atoms with Crippen molar-refractivity contribution >= 4 is 18.4 Å². The largest absolute Gasteiger partial charge is 0.270 e. The van der Waals surface area contributed by atoms with Gasteiger partial charge >= 0.3 is 0 Å². The maximum atomic E-state index is 4.69. The van der Waals surface area contributed by atoms with Gasteiger partial charge in [-0.05, 0) is 30.0 Å². The summed E-state index contributed by atoms with van der Waals surface area (Å²) in [4.78, 5) is 13.2. The van der Waals surface area contributed by atoms with Crippen molar-refractivity contribution in [3.63, 3.8) is 0 Å². The zero-order valence-corrected chi connectivity index (χ0v) is 18.7. The van der Waals surface area contributed by atoms with Crippen molar-refractivity contribution in [2.24, 2.45) is 20.4 Å². The number of rotatable bonds is 4. The highest BCUT2D eigenvalue weighted by Crippen LogP contribution is 2.22. The summed E-state index contributed by atoms with van der Waals surface area (Å²) < 4.78 is 0. The fourth-order valence-corrected chi connectivity index (χ4v) is 2.48. The molecule has 0 aromatic heterocycles. The maximum Gasteiger partial charge on any atom is 0.161 e. The molecule has 28 heavy (non-hydrogen) atoms. The Labute approximate surface area is 171 Å². The minimum atomic E-state index is 0.106. The van der Waals surface area contributed by atoms with Crippen molar-refractivity contribution in [2.45, 2.75) is 53.9 Å². The summed E-state index contributed by atoms with van der Waals surface area (Å²) >= 11 is 0. The average Bonchev–Trinajstić information content (AvgIpc) is 2.61. The van der Waals surface area contributed by atoms with E-state index in [2.05, 4.69) is 82.5 Å². The van der Waals surface area contributed by atoms with E-state index in [1.165, 1.54) is 5.56 Å². The Kier molecular flexibility index (Phi) is 8.49. The molecule has 0 saturated carbocycles. The number of amidine groups is 2. The van der Waals surface area contributed by atoms with Crippen LogP contribution in [0.1, 0.15) is 59.6 Å². The molecule has 0 unspecified atom stereocenters. The van der Waals surface area contributed by atoms with Gasteiger partial charge in [0.05, 0.1) is 0 Å². The number of benzene rings is 1. The topological polar surface area (TPSA) is 37.1 Å². The molecular weight excluding hydrogens is 342 g/mol. The molecule has 0 aliphatic rings. The molecule has 150 valence electrons. The van der Waals surface area contributed by atoms with Crippen LogP contribution in [-0.2, 0) is 5.41 Å². The quantitative estimate of drug-likeness (QED) is 0.323. The molecule has 0 heterocycles. The summed E-state index contributed by atoms with van der Waals surface area (Å²) in [6.07, 6.45) is 10.2. The van der Waals surface area contributed by atoms with Crippen molar-refractivity contribution in [3.05, 3.63) is 71.3 Å². The molecule has 0 aliphatic carbocycles. The number of nitrogens with zero attached hydrogens (tertiary/aromatic N) is 3. The van der Waals surface area contributed by atoms with Crippen LogP contribution in [0.25, 0.3) is 0 Å². The Balaban J connectivity index is 3.30. The highest BCUT2D eigenvalue weighted by Gasteiger charge is 2.14. The molecule has 0 fully saturated rings. The zero-order valence-electron chi connectivity index (χ0n) is 18.7. The van der Waals surface area contributed by atoms with E-state index < -0.39 is 0 Å². The van der Waals surface area contributed by atoms with Crippen LogP contribution in [0.3, 0.4) is 0 Å². The SMILES string of the molecule is C=NC(=NC(=NC)C(/C=C\C)=C\C=C\C(C)(C)C)c1ccc(C(C)(C)C)cc1. The molecule has 0 saturated heterocycles. The fourth-order valence-electron chi connectivity index (χ4n) is 2.48. The minimum Gasteiger partial charge on any atom is -0.270 e. The van der Waals surface area contributed by atoms with Gasteiger partial charge in [-0.15, -0.1) is 0 Å². The molecular formula is C25H35N3. The van der Waals surface area contributed by atoms with Gasteiger partial charge in [0, 0.05) is 18.2 Å². The fraction of sp³-hybridized carbons (Fsp3) is 0.400. The molecule has 0 radical (unpaired) electrons. The summed E-state index contributed by atoms with van der Waals surface area (Å²) in [5, 5.41) is 0. The summed E-state index contributed by atoms with van der Waals surface area (Å²) in [5.41, 5.74) is 3.35. The van der Waals surface area contributed by atoms with Gasteiger partial charge in [0.1, 0.15) is 0 Å². The first-order valence-electron chi connectivity index (χ1n) is 9.67. The Hall–Kier alpha value is -2.55. The van der Waals surface area contributed by atoms with E-state index in [9.17, 15) is 0 Å². The second-order valence-corrected chi connectivity index (χ2v) is 8.82. The van der Waals surface area contributed by atoms with Crippen molar-refractivity contribution in [2.75, 3.05) is 7.05 Å². The van der Waals surface area contributed by atoms with E-state index in [0.717, 1.165) is 11.1 Å². The Morgan fingerprint density at radius 3 is 2.04 bits per heavy atom. The monoisotopic (exact) mass is 377 g/mol. The van der Waals surface area contributed by atoms with Gasteiger partial charge < -0.3 is 0 Å². The predicted octanol–water partition coefficient (Wildman–Crippen LogP) is 6.56. The highest BCUT2D eigenvalue weighted by molar-refractivity contribution is 6.13. The summed E-state index contributed by atoms with van der Waals surface area (Å²) in [6, 6.07) is 8.32. The van der Waals surface area contributed by atoms with E-state index in [1.807, 2.05) is 37.3 Å². The first kappa shape index (κ1) is 23.5. The molecule has 0 atom stereocenters. The third kappa shape index (κ3) is 7.59. The van der Waals surface area contributed by atoms with Gasteiger partial charge in [0.2, 0.25) is 0 Å². The minimum absolute atomic E-state index is 0.106. The summed E-state index contributed by atoms with van der Waals surface area (Å²) in [6.45, 7) is 18.8. The van der Waals surface area contributed by atoms with Crippen LogP contribution in [0.15, 0.2) is 75.2 Å². The predicted molar refractivity (Wildman–Crippen MR) is 126 cm³/mol. The molecule has 1 aromatic carbocycles. The van der Waals surface area contributed by atoms with Crippen molar-refractivity contribution < 1.29 is 0 Å². The molecule has 0 spiro atoms. The second kappa shape index (κ2) is 10.1. The third-order valence-electron chi connectivity index (χ3n) is 4.06. The lowest BCUT2D eigenvalue weighted by atomic mass is 9.86. The highest BCUT2D eigenvalue weighted by atomic mass is 15.0. The van der Waals surface area contributed by atoms with Gasteiger partial charge in [-0.1, -0.05) is 96.2 Å². The van der Waals surface area contributed by atoms with E-state index in [4.69, 9.17) is 4.99 Å². The third-order valence-corrected chi connectivity index (χ3v) is 4.06. The van der Waals surface area contributed by atoms with Crippen molar-refractivity contribution in [1.82, 2.24) is 0 Å². The average molecular weight is 378 g/mol. The smallest absolute Gasteiger partial charge is 0.161 e. The number of hydrogen-bond acceptors (Lipinski definition) is 1. The molecule has 0 N–H and O–H groups in total. The van der Waals surface area contributed by atoms with Gasteiger partial charge in [-0.3, -0.25) is 4.99 Å². The van der Waals surface area contributed by atoms with E-state index in [-0.39, 0.29) is 10.8 Å². The van der Waals surface area contributed by atoms with Gasteiger partial charge in [-0.25, -0.2) is 9.98 Å². The lowest BCUT2D eigenvalue weighted by molar-refractivity contribution is 0.544. The Morgan fingerprint density at radius 2 is 1.61 bits per heavy atom. The van der Waals surface area contributed by atoms with E-state index in [1.54, 1.807) is 7.05 Å². The lowest BCUT2D eigenvalue weighted by Crippen LogP contribution is -2.11. The number of hydrogen-bond donors (Lipinski definition) is 0. The first-order valence-corrected chi connectivity index (χ1v) is 9.67. The summed E-state index contributed by atoms with van der Waals surface area (Å²) in [5.74, 6) is 1.19. The van der Waals surface area contributed by atoms with Gasteiger partial charge in [-0.2, -0.15) is 0 Å². The molecule has 3 heteroatoms. The van der Waals surface area contributed by atoms with Crippen LogP contribution in [0.4, 0.5) is 0 Å². The van der Waals surface area contributed by atoms with Crippen LogP contribution in [0, 0.1) is 5.41 Å². The van der Waals surface area contributed by atoms with Crippen LogP contribution in [-0.4, -0.2) is 25.4 Å². The Morgan fingerprint density at radius 1 is 1.00 bits per heavy atom. The molecule has 1 rings (SSSR count). The molecule has 0 amide bonds. The van der Waals surface area contributed by atoms with E-state index in [0.29, 0.717) is 11.7 Å². The van der Waals surface area contributed by atoms with Crippen molar-refractivity contribution in [1.29, 1.82) is 0 Å². The van der Waals surface area contributed by atoms with Gasteiger partial charge in [0.25, 0.3) is 0 Å². The second-order valence-electron chi connectivity index (χ2n) is 8.82. The summed E-state index contributed by atoms with van der Waals surface area (Å²) in [7, 11) is 1.74. The normalized spacial score (nSPS) is 14.9. The molecule has 0 bridgehead atoms. The van der Waals surface area contributed by atoms with Crippen LogP contribution in [0.2, 0.25) is 0 Å². The Bertz CT molecular complexity index is 803. The van der Waals surface area contributed by atoms with E-state index >= 15 is 0 Å². The molecule has 0 aliphatic heterocycles. The lowest BCUT2D eigenvalue weighted by Gasteiger charge is -2.19. The zero-order chi connectivity index (χ0) is 21.4. The maximum absolute atomic E-state index is 4.69. The van der Waals surface area contributed by atoms with Crippen LogP contribution in [0.5, 0.6) is 0 Å².